The largest absolute Gasteiger partial charge is 0.462 e. The first kappa shape index (κ1) is 14.0. The first-order chi connectivity index (χ1) is 9.11. The van der Waals surface area contributed by atoms with Crippen LogP contribution in [0.1, 0.15) is 17.6 Å². The number of thiophene rings is 1. The van der Waals surface area contributed by atoms with Crippen LogP contribution in [0.2, 0.25) is 0 Å². The quantitative estimate of drug-likeness (QED) is 0.633. The maximum absolute atomic E-state index is 12.1. The average Bonchev–Trinajstić information content (AvgIpc) is 2.95. The normalized spacial score (nSPS) is 11.6. The van der Waals surface area contributed by atoms with E-state index in [4.69, 9.17) is 4.74 Å². The summed E-state index contributed by atoms with van der Waals surface area (Å²) in [5.41, 5.74) is 0.462. The Morgan fingerprint density at radius 1 is 1.63 bits per heavy atom. The Kier molecular flexibility index (Phi) is 4.55. The van der Waals surface area contributed by atoms with Crippen molar-refractivity contribution in [2.24, 2.45) is 7.05 Å². The molecule has 2 rings (SSSR count). The highest BCUT2D eigenvalue weighted by molar-refractivity contribution is 9.10. The van der Waals surface area contributed by atoms with Gasteiger partial charge in [0.05, 0.1) is 6.61 Å². The molecule has 0 radical (unpaired) electrons. The molecule has 0 saturated carbocycles. The zero-order valence-corrected chi connectivity index (χ0v) is 13.0. The van der Waals surface area contributed by atoms with E-state index in [9.17, 15) is 4.79 Å². The number of hydrogen-bond acceptors (Lipinski definition) is 4. The van der Waals surface area contributed by atoms with E-state index >= 15 is 0 Å². The number of rotatable bonds is 4. The molecule has 2 aromatic heterocycles. The molecule has 0 saturated heterocycles. The molecule has 0 unspecified atom stereocenters. The zero-order valence-electron chi connectivity index (χ0n) is 10.6. The summed E-state index contributed by atoms with van der Waals surface area (Å²) >= 11 is 4.95. The predicted molar refractivity (Wildman–Crippen MR) is 79.7 cm³/mol. The van der Waals surface area contributed by atoms with Gasteiger partial charge in [-0.2, -0.15) is 0 Å². The van der Waals surface area contributed by atoms with Crippen LogP contribution in [0.4, 0.5) is 0 Å². The van der Waals surface area contributed by atoms with E-state index in [2.05, 4.69) is 20.9 Å². The minimum absolute atomic E-state index is 0.342. The summed E-state index contributed by atoms with van der Waals surface area (Å²) in [5, 5.41) is 1.97. The molecule has 19 heavy (non-hydrogen) atoms. The zero-order chi connectivity index (χ0) is 13.8. The molecule has 2 heterocycles. The molecule has 0 spiro atoms. The monoisotopic (exact) mass is 340 g/mol. The highest BCUT2D eigenvalue weighted by Crippen LogP contribution is 2.25. The molecule has 0 aromatic carbocycles. The maximum Gasteiger partial charge on any atom is 0.341 e. The molecular formula is C13H13BrN2O2S. The molecular weight excluding hydrogens is 328 g/mol. The minimum Gasteiger partial charge on any atom is -0.462 e. The number of carbonyl (C=O) groups is 1. The van der Waals surface area contributed by atoms with E-state index in [0.717, 1.165) is 9.35 Å². The van der Waals surface area contributed by atoms with E-state index in [1.165, 1.54) is 0 Å². The van der Waals surface area contributed by atoms with Gasteiger partial charge in [-0.05, 0) is 35.0 Å². The molecule has 0 bridgehead atoms. The van der Waals surface area contributed by atoms with Gasteiger partial charge in [-0.1, -0.05) is 0 Å². The average molecular weight is 341 g/mol. The van der Waals surface area contributed by atoms with Crippen molar-refractivity contribution in [1.82, 2.24) is 9.55 Å². The summed E-state index contributed by atoms with van der Waals surface area (Å²) in [6.45, 7) is 2.13. The molecule has 0 aliphatic rings. The summed E-state index contributed by atoms with van der Waals surface area (Å²) in [5.74, 6) is 0.240. The number of ether oxygens (including phenoxy) is 1. The van der Waals surface area contributed by atoms with Crippen LogP contribution in [0, 0.1) is 0 Å². The first-order valence-corrected chi connectivity index (χ1v) is 7.39. The van der Waals surface area contributed by atoms with E-state index < -0.39 is 0 Å². The van der Waals surface area contributed by atoms with Gasteiger partial charge in [0, 0.05) is 34.2 Å². The number of carbonyl (C=O) groups excluding carboxylic acids is 1. The van der Waals surface area contributed by atoms with Crippen LogP contribution in [-0.2, 0) is 16.6 Å². The molecule has 0 aliphatic heterocycles. The van der Waals surface area contributed by atoms with Crippen molar-refractivity contribution in [2.75, 3.05) is 6.61 Å². The van der Waals surface area contributed by atoms with Crippen molar-refractivity contribution in [3.63, 3.8) is 0 Å². The number of aryl methyl sites for hydroxylation is 1. The summed E-state index contributed by atoms with van der Waals surface area (Å²) in [4.78, 5) is 17.2. The Morgan fingerprint density at radius 2 is 2.42 bits per heavy atom. The number of hydrogen-bond donors (Lipinski definition) is 0. The van der Waals surface area contributed by atoms with Crippen LogP contribution in [0.25, 0.3) is 11.6 Å². The lowest BCUT2D eigenvalue weighted by atomic mass is 10.2. The molecule has 0 fully saturated rings. The molecule has 2 aromatic rings. The van der Waals surface area contributed by atoms with E-state index in [0.29, 0.717) is 18.0 Å². The third-order valence-electron chi connectivity index (χ3n) is 2.43. The van der Waals surface area contributed by atoms with Gasteiger partial charge in [0.15, 0.2) is 0 Å². The SMILES string of the molecule is CCOC(=O)/C(=C\c1cc(Br)cs1)c1nccn1C. The highest BCUT2D eigenvalue weighted by Gasteiger charge is 2.17. The second-order valence-electron chi connectivity index (χ2n) is 3.81. The van der Waals surface area contributed by atoms with Gasteiger partial charge in [-0.15, -0.1) is 11.3 Å². The molecule has 0 atom stereocenters. The van der Waals surface area contributed by atoms with Crippen LogP contribution in [0.15, 0.2) is 28.3 Å². The van der Waals surface area contributed by atoms with Crippen LogP contribution in [0.3, 0.4) is 0 Å². The lowest BCUT2D eigenvalue weighted by Crippen LogP contribution is -2.10. The van der Waals surface area contributed by atoms with Crippen molar-refractivity contribution >= 4 is 44.9 Å². The molecule has 0 amide bonds. The summed E-state index contributed by atoms with van der Waals surface area (Å²) in [7, 11) is 1.85. The van der Waals surface area contributed by atoms with Gasteiger partial charge in [-0.3, -0.25) is 0 Å². The van der Waals surface area contributed by atoms with Crippen LogP contribution in [-0.4, -0.2) is 22.1 Å². The molecule has 0 N–H and O–H groups in total. The van der Waals surface area contributed by atoms with Crippen molar-refractivity contribution in [3.05, 3.63) is 39.0 Å². The van der Waals surface area contributed by atoms with Crippen molar-refractivity contribution in [1.29, 1.82) is 0 Å². The maximum atomic E-state index is 12.1. The predicted octanol–water partition coefficient (Wildman–Crippen LogP) is 3.35. The second kappa shape index (κ2) is 6.16. The summed E-state index contributed by atoms with van der Waals surface area (Å²) < 4.78 is 7.88. The van der Waals surface area contributed by atoms with Gasteiger partial charge >= 0.3 is 5.97 Å². The second-order valence-corrected chi connectivity index (χ2v) is 5.67. The van der Waals surface area contributed by atoms with Gasteiger partial charge in [-0.25, -0.2) is 9.78 Å². The van der Waals surface area contributed by atoms with Crippen molar-refractivity contribution in [3.8, 4) is 0 Å². The number of aromatic nitrogens is 2. The standard InChI is InChI=1S/C13H13BrN2O2S/c1-3-18-13(17)11(12-15-4-5-16(12)2)7-10-6-9(14)8-19-10/h4-8H,3H2,1-2H3/b11-7-. The third kappa shape index (κ3) is 3.33. The Labute approximate surface area is 123 Å². The fourth-order valence-electron chi connectivity index (χ4n) is 1.59. The Morgan fingerprint density at radius 3 is 2.95 bits per heavy atom. The minimum atomic E-state index is -0.360. The fraction of sp³-hybridized carbons (Fsp3) is 0.231. The molecule has 100 valence electrons. The number of halogens is 1. The van der Waals surface area contributed by atoms with Crippen molar-refractivity contribution < 1.29 is 9.53 Å². The summed E-state index contributed by atoms with van der Waals surface area (Å²) in [6, 6.07) is 1.95. The molecule has 0 aliphatic carbocycles. The van der Waals surface area contributed by atoms with Crippen LogP contribution < -0.4 is 0 Å². The Bertz CT molecular complexity index is 616. The highest BCUT2D eigenvalue weighted by atomic mass is 79.9. The van der Waals surface area contributed by atoms with Gasteiger partial charge in [0.2, 0.25) is 0 Å². The third-order valence-corrected chi connectivity index (χ3v) is 4.07. The Hall–Kier alpha value is -1.40. The first-order valence-electron chi connectivity index (χ1n) is 5.72. The van der Waals surface area contributed by atoms with Crippen LogP contribution in [0.5, 0.6) is 0 Å². The summed E-state index contributed by atoms with van der Waals surface area (Å²) in [6.07, 6.45) is 5.26. The number of esters is 1. The number of imidazole rings is 1. The molecule has 4 nitrogen and oxygen atoms in total. The lowest BCUT2D eigenvalue weighted by Gasteiger charge is -2.06. The van der Waals surface area contributed by atoms with E-state index in [1.807, 2.05) is 18.5 Å². The Balaban J connectivity index is 2.43. The van der Waals surface area contributed by atoms with Crippen molar-refractivity contribution in [2.45, 2.75) is 6.92 Å². The fourth-order valence-corrected chi connectivity index (χ4v) is 2.97. The van der Waals surface area contributed by atoms with Crippen LogP contribution >= 0.6 is 27.3 Å². The van der Waals surface area contributed by atoms with E-state index in [1.54, 1.807) is 41.3 Å². The smallest absolute Gasteiger partial charge is 0.341 e. The molecule has 6 heteroatoms. The van der Waals surface area contributed by atoms with Gasteiger partial charge in [0.1, 0.15) is 11.4 Å². The van der Waals surface area contributed by atoms with Gasteiger partial charge in [0.25, 0.3) is 0 Å². The van der Waals surface area contributed by atoms with E-state index in [-0.39, 0.29) is 5.97 Å². The van der Waals surface area contributed by atoms with Gasteiger partial charge < -0.3 is 9.30 Å². The topological polar surface area (TPSA) is 44.1 Å². The number of nitrogens with zero attached hydrogens (tertiary/aromatic N) is 2. The lowest BCUT2D eigenvalue weighted by molar-refractivity contribution is -0.136.